The number of hydrogen-bond donors (Lipinski definition) is 4. The van der Waals surface area contributed by atoms with E-state index in [1.54, 1.807) is 0 Å². The average Bonchev–Trinajstić information content (AvgIpc) is 3.08. The molecule has 8 heteroatoms. The van der Waals surface area contributed by atoms with E-state index in [1.165, 1.54) is 148 Å². The number of amides is 1. The molecule has 0 bridgehead atoms. The molecule has 0 rings (SSSR count). The SMILES string of the molecule is CCCCCCCC/C=C\CCCCC(O)C(=O)NC(CS(=O)(=O)O)C(O)CCCCCCCCCCCCCCCCCCCCCCC. The maximum absolute atomic E-state index is 12.6. The van der Waals surface area contributed by atoms with Crippen LogP contribution in [0.25, 0.3) is 0 Å². The van der Waals surface area contributed by atoms with Crippen molar-refractivity contribution in [1.82, 2.24) is 5.32 Å². The molecule has 298 valence electrons. The fourth-order valence-corrected chi connectivity index (χ4v) is 7.51. The Morgan fingerprint density at radius 3 is 1.22 bits per heavy atom. The third-order valence-electron chi connectivity index (χ3n) is 10.1. The predicted molar refractivity (Wildman–Crippen MR) is 213 cm³/mol. The highest BCUT2D eigenvalue weighted by Gasteiger charge is 2.28. The summed E-state index contributed by atoms with van der Waals surface area (Å²) in [5, 5.41) is 23.5. The van der Waals surface area contributed by atoms with Crippen LogP contribution >= 0.6 is 0 Å². The normalized spacial score (nSPS) is 13.9. The minimum absolute atomic E-state index is 0.269. The molecule has 0 radical (unpaired) electrons. The van der Waals surface area contributed by atoms with Gasteiger partial charge in [-0.25, -0.2) is 0 Å². The Morgan fingerprint density at radius 2 is 0.840 bits per heavy atom. The quantitative estimate of drug-likeness (QED) is 0.0284. The smallest absolute Gasteiger partial charge is 0.266 e. The molecule has 3 unspecified atom stereocenters. The molecule has 50 heavy (non-hydrogen) atoms. The number of unbranched alkanes of at least 4 members (excludes halogenated alkanes) is 28. The molecule has 0 aromatic carbocycles. The van der Waals surface area contributed by atoms with Crippen molar-refractivity contribution in [2.75, 3.05) is 5.75 Å². The van der Waals surface area contributed by atoms with E-state index in [4.69, 9.17) is 0 Å². The van der Waals surface area contributed by atoms with Crippen LogP contribution in [0, 0.1) is 0 Å². The van der Waals surface area contributed by atoms with Crippen molar-refractivity contribution in [2.24, 2.45) is 0 Å². The average molecular weight is 730 g/mol. The second kappa shape index (κ2) is 36.4. The number of aliphatic hydroxyl groups is 2. The molecule has 0 aliphatic carbocycles. The molecule has 0 aliphatic rings. The molecule has 0 aromatic heterocycles. The Morgan fingerprint density at radius 1 is 0.520 bits per heavy atom. The summed E-state index contributed by atoms with van der Waals surface area (Å²) in [4.78, 5) is 12.6. The molecule has 7 nitrogen and oxygen atoms in total. The summed E-state index contributed by atoms with van der Waals surface area (Å²) in [6, 6.07) is -1.15. The summed E-state index contributed by atoms with van der Waals surface area (Å²) in [7, 11) is -4.41. The van der Waals surface area contributed by atoms with Crippen LogP contribution in [0.5, 0.6) is 0 Å². The number of carbonyl (C=O) groups excluding carboxylic acids is 1. The minimum atomic E-state index is -4.41. The van der Waals surface area contributed by atoms with Gasteiger partial charge in [0.05, 0.1) is 17.9 Å². The molecule has 4 N–H and O–H groups in total. The van der Waals surface area contributed by atoms with Gasteiger partial charge >= 0.3 is 0 Å². The van der Waals surface area contributed by atoms with Gasteiger partial charge in [-0.15, -0.1) is 0 Å². The van der Waals surface area contributed by atoms with Crippen LogP contribution in [-0.4, -0.2) is 53.1 Å². The van der Waals surface area contributed by atoms with Crippen molar-refractivity contribution >= 4 is 16.0 Å². The van der Waals surface area contributed by atoms with Gasteiger partial charge in [0, 0.05) is 0 Å². The third kappa shape index (κ3) is 35.4. The van der Waals surface area contributed by atoms with Crippen LogP contribution in [0.1, 0.15) is 226 Å². The molecule has 0 saturated carbocycles. The maximum Gasteiger partial charge on any atom is 0.266 e. The number of nitrogens with one attached hydrogen (secondary N) is 1. The van der Waals surface area contributed by atoms with Crippen molar-refractivity contribution in [3.8, 4) is 0 Å². The summed E-state index contributed by atoms with van der Waals surface area (Å²) in [6.45, 7) is 4.50. The second-order valence-corrected chi connectivity index (χ2v) is 16.6. The van der Waals surface area contributed by atoms with E-state index in [2.05, 4.69) is 31.3 Å². The first kappa shape index (κ1) is 49.0. The zero-order valence-corrected chi connectivity index (χ0v) is 33.7. The van der Waals surface area contributed by atoms with Crippen LogP contribution < -0.4 is 5.32 Å². The van der Waals surface area contributed by atoms with E-state index in [1.807, 2.05) is 0 Å². The lowest BCUT2D eigenvalue weighted by atomic mass is 10.0. The number of rotatable bonds is 39. The fraction of sp³-hybridized carbons (Fsp3) is 0.929. The van der Waals surface area contributed by atoms with Gasteiger partial charge in [0.2, 0.25) is 5.91 Å². The largest absolute Gasteiger partial charge is 0.391 e. The van der Waals surface area contributed by atoms with Gasteiger partial charge in [-0.1, -0.05) is 199 Å². The van der Waals surface area contributed by atoms with Crippen LogP contribution in [0.2, 0.25) is 0 Å². The first-order valence-electron chi connectivity index (χ1n) is 21.5. The van der Waals surface area contributed by atoms with E-state index < -0.39 is 40.0 Å². The zero-order valence-electron chi connectivity index (χ0n) is 32.9. The lowest BCUT2D eigenvalue weighted by Gasteiger charge is -2.24. The first-order valence-corrected chi connectivity index (χ1v) is 23.1. The predicted octanol–water partition coefficient (Wildman–Crippen LogP) is 11.6. The Kier molecular flexibility index (Phi) is 35.7. The van der Waals surface area contributed by atoms with E-state index in [9.17, 15) is 28.0 Å². The van der Waals surface area contributed by atoms with E-state index in [0.717, 1.165) is 38.5 Å². The van der Waals surface area contributed by atoms with Crippen molar-refractivity contribution < 1.29 is 28.0 Å². The molecule has 0 fully saturated rings. The lowest BCUT2D eigenvalue weighted by Crippen LogP contribution is -2.50. The Bertz CT molecular complexity index is 864. The highest BCUT2D eigenvalue weighted by Crippen LogP contribution is 2.17. The molecule has 0 heterocycles. The Balaban J connectivity index is 3.91. The summed E-state index contributed by atoms with van der Waals surface area (Å²) in [5.74, 6) is -1.47. The Hall–Kier alpha value is -0.960. The second-order valence-electron chi connectivity index (χ2n) is 15.1. The summed E-state index contributed by atoms with van der Waals surface area (Å²) < 4.78 is 32.6. The van der Waals surface area contributed by atoms with Crippen molar-refractivity contribution in [3.05, 3.63) is 12.2 Å². The standard InChI is InChI=1S/C42H83NO6S/c1-3-5-7-9-11-13-15-17-18-19-20-21-22-23-24-25-27-28-30-32-34-36-40(44)39(38-50(47,48)49)43-42(46)41(45)37-35-33-31-29-26-16-14-12-10-8-6-4-2/h26,29,39-41,44-45H,3-25,27-28,30-38H2,1-2H3,(H,43,46)(H,47,48,49)/b29-26-. The number of hydrogen-bond acceptors (Lipinski definition) is 5. The lowest BCUT2D eigenvalue weighted by molar-refractivity contribution is -0.131. The Labute approximate surface area is 310 Å². The van der Waals surface area contributed by atoms with Gasteiger partial charge < -0.3 is 15.5 Å². The summed E-state index contributed by atoms with van der Waals surface area (Å²) in [5.41, 5.74) is 0. The molecular formula is C42H83NO6S. The van der Waals surface area contributed by atoms with Crippen molar-refractivity contribution in [1.29, 1.82) is 0 Å². The third-order valence-corrected chi connectivity index (χ3v) is 10.9. The van der Waals surface area contributed by atoms with Crippen LogP contribution in [0.15, 0.2) is 12.2 Å². The highest BCUT2D eigenvalue weighted by atomic mass is 32.2. The van der Waals surface area contributed by atoms with Gasteiger partial charge in [0.15, 0.2) is 0 Å². The number of carbonyl (C=O) groups is 1. The van der Waals surface area contributed by atoms with Crippen LogP contribution in [0.4, 0.5) is 0 Å². The maximum atomic E-state index is 12.6. The molecule has 0 spiro atoms. The minimum Gasteiger partial charge on any atom is -0.391 e. The number of aliphatic hydroxyl groups excluding tert-OH is 2. The van der Waals surface area contributed by atoms with Crippen LogP contribution in [-0.2, 0) is 14.9 Å². The summed E-state index contributed by atoms with van der Waals surface area (Å²) in [6.07, 6.45) is 41.0. The van der Waals surface area contributed by atoms with Crippen LogP contribution in [0.3, 0.4) is 0 Å². The molecular weight excluding hydrogens is 647 g/mol. The van der Waals surface area contributed by atoms with E-state index in [-0.39, 0.29) is 6.42 Å². The first-order chi connectivity index (χ1) is 24.2. The molecule has 1 amide bonds. The monoisotopic (exact) mass is 730 g/mol. The fourth-order valence-electron chi connectivity index (χ4n) is 6.75. The summed E-state index contributed by atoms with van der Waals surface area (Å²) >= 11 is 0. The van der Waals surface area contributed by atoms with Gasteiger partial charge in [-0.2, -0.15) is 8.42 Å². The van der Waals surface area contributed by atoms with Gasteiger partial charge in [0.1, 0.15) is 6.10 Å². The topological polar surface area (TPSA) is 124 Å². The molecule has 0 aliphatic heterocycles. The van der Waals surface area contributed by atoms with E-state index in [0.29, 0.717) is 19.3 Å². The van der Waals surface area contributed by atoms with Gasteiger partial charge in [-0.3, -0.25) is 9.35 Å². The highest BCUT2D eigenvalue weighted by molar-refractivity contribution is 7.85. The van der Waals surface area contributed by atoms with Crippen molar-refractivity contribution in [3.63, 3.8) is 0 Å². The van der Waals surface area contributed by atoms with Gasteiger partial charge in [-0.05, 0) is 38.5 Å². The zero-order chi connectivity index (χ0) is 37.0. The van der Waals surface area contributed by atoms with E-state index >= 15 is 0 Å². The molecule has 3 atom stereocenters. The molecule has 0 aromatic rings. The molecule has 0 saturated heterocycles. The number of allylic oxidation sites excluding steroid dienone is 2. The van der Waals surface area contributed by atoms with Gasteiger partial charge in [0.25, 0.3) is 10.1 Å². The van der Waals surface area contributed by atoms with Crippen molar-refractivity contribution in [2.45, 2.75) is 244 Å².